The van der Waals surface area contributed by atoms with E-state index in [2.05, 4.69) is 23.5 Å². The fraction of sp³-hybridized carbons (Fsp3) is 0.150. The van der Waals surface area contributed by atoms with Gasteiger partial charge in [-0.25, -0.2) is 0 Å². The summed E-state index contributed by atoms with van der Waals surface area (Å²) in [6.45, 7) is 2.50. The number of rotatable bonds is 4. The Morgan fingerprint density at radius 1 is 1.16 bits per heavy atom. The molecule has 0 spiro atoms. The van der Waals surface area contributed by atoms with Crippen LogP contribution in [0.2, 0.25) is 0 Å². The Hall–Kier alpha value is -2.24. The van der Waals surface area contributed by atoms with Gasteiger partial charge < -0.3 is 10.1 Å². The van der Waals surface area contributed by atoms with E-state index in [1.807, 2.05) is 55.1 Å². The molecule has 0 bridgehead atoms. The highest BCUT2D eigenvalue weighted by Gasteiger charge is 2.22. The third-order valence-corrected chi connectivity index (χ3v) is 6.31. The van der Waals surface area contributed by atoms with Crippen LogP contribution in [0.1, 0.15) is 22.2 Å². The van der Waals surface area contributed by atoms with Gasteiger partial charge in [0.1, 0.15) is 5.75 Å². The van der Waals surface area contributed by atoms with Crippen LogP contribution in [0.5, 0.6) is 5.75 Å². The molecule has 0 saturated heterocycles. The first kappa shape index (κ1) is 16.2. The molecule has 0 saturated carbocycles. The van der Waals surface area contributed by atoms with Crippen molar-refractivity contribution in [2.45, 2.75) is 17.6 Å². The zero-order chi connectivity index (χ0) is 17.2. The summed E-state index contributed by atoms with van der Waals surface area (Å²) in [6.07, 6.45) is 0. The second-order valence-corrected chi connectivity index (χ2v) is 7.70. The Kier molecular flexibility index (Phi) is 4.51. The molecule has 0 unspecified atom stereocenters. The van der Waals surface area contributed by atoms with E-state index in [-0.39, 0.29) is 5.91 Å². The number of anilines is 1. The van der Waals surface area contributed by atoms with Crippen LogP contribution in [0.4, 0.5) is 5.69 Å². The van der Waals surface area contributed by atoms with Gasteiger partial charge >= 0.3 is 0 Å². The molecular formula is C20H17NO2S2. The molecule has 0 aliphatic carbocycles. The van der Waals surface area contributed by atoms with Crippen LogP contribution >= 0.6 is 23.1 Å². The number of nitrogens with one attached hydrogen (secondary N) is 1. The van der Waals surface area contributed by atoms with Crippen molar-refractivity contribution in [3.05, 3.63) is 65.0 Å². The lowest BCUT2D eigenvalue weighted by Crippen LogP contribution is -2.11. The van der Waals surface area contributed by atoms with Gasteiger partial charge in [0.15, 0.2) is 0 Å². The van der Waals surface area contributed by atoms with Gasteiger partial charge in [0.2, 0.25) is 0 Å². The van der Waals surface area contributed by atoms with Crippen molar-refractivity contribution in [3.8, 4) is 16.2 Å². The maximum Gasteiger partial charge on any atom is 0.265 e. The molecule has 5 heteroatoms. The highest BCUT2D eigenvalue weighted by atomic mass is 32.2. The maximum absolute atomic E-state index is 12.7. The van der Waals surface area contributed by atoms with Gasteiger partial charge in [0, 0.05) is 21.1 Å². The number of para-hydroxylation sites is 2. The van der Waals surface area contributed by atoms with Gasteiger partial charge in [-0.1, -0.05) is 30.3 Å². The van der Waals surface area contributed by atoms with Crippen LogP contribution in [0.3, 0.4) is 0 Å². The molecule has 25 heavy (non-hydrogen) atoms. The molecule has 1 aromatic heterocycles. The number of benzene rings is 2. The van der Waals surface area contributed by atoms with Crippen molar-refractivity contribution < 1.29 is 9.53 Å². The lowest BCUT2D eigenvalue weighted by atomic mass is 10.1. The predicted octanol–water partition coefficient (Wildman–Crippen LogP) is 5.67. The first-order valence-electron chi connectivity index (χ1n) is 8.14. The first-order chi connectivity index (χ1) is 12.3. The number of carbonyl (C=O) groups excluding carboxylic acids is 1. The minimum atomic E-state index is -0.0889. The molecule has 1 aliphatic heterocycles. The number of ether oxygens (including phenoxy) is 1. The summed E-state index contributed by atoms with van der Waals surface area (Å²) >= 11 is 3.38. The maximum atomic E-state index is 12.7. The molecule has 1 aliphatic rings. The molecule has 126 valence electrons. The summed E-state index contributed by atoms with van der Waals surface area (Å²) in [5.74, 6) is 1.51. The average Bonchev–Trinajstić information content (AvgIpc) is 3.08. The Balaban J connectivity index is 1.62. The standard InChI is InChI=1S/C20H17NO2S2/c1-2-23-16-9-5-4-8-15(16)21-20(22)18-11-13-12-24-17-10-6-3-7-14(17)19(13)25-18/h3-11H,2,12H2,1H3,(H,21,22). The van der Waals surface area contributed by atoms with E-state index in [0.29, 0.717) is 18.0 Å². The van der Waals surface area contributed by atoms with Crippen molar-refractivity contribution in [1.29, 1.82) is 0 Å². The Morgan fingerprint density at radius 3 is 2.84 bits per heavy atom. The zero-order valence-corrected chi connectivity index (χ0v) is 15.4. The molecular weight excluding hydrogens is 350 g/mol. The third kappa shape index (κ3) is 3.17. The molecule has 1 amide bonds. The summed E-state index contributed by atoms with van der Waals surface area (Å²) in [5.41, 5.74) is 3.17. The van der Waals surface area contributed by atoms with Crippen LogP contribution in [0, 0.1) is 0 Å². The minimum absolute atomic E-state index is 0.0889. The predicted molar refractivity (Wildman–Crippen MR) is 105 cm³/mol. The van der Waals surface area contributed by atoms with Crippen molar-refractivity contribution >= 4 is 34.7 Å². The molecule has 0 radical (unpaired) electrons. The van der Waals surface area contributed by atoms with E-state index in [1.54, 1.807) is 11.3 Å². The zero-order valence-electron chi connectivity index (χ0n) is 13.7. The molecule has 1 N–H and O–H groups in total. The smallest absolute Gasteiger partial charge is 0.265 e. The number of hydrogen-bond acceptors (Lipinski definition) is 4. The van der Waals surface area contributed by atoms with Gasteiger partial charge in [-0.15, -0.1) is 23.1 Å². The highest BCUT2D eigenvalue weighted by molar-refractivity contribution is 7.98. The van der Waals surface area contributed by atoms with Gasteiger partial charge in [0.05, 0.1) is 17.2 Å². The number of thioether (sulfide) groups is 1. The van der Waals surface area contributed by atoms with E-state index in [4.69, 9.17) is 4.74 Å². The first-order valence-corrected chi connectivity index (χ1v) is 9.94. The molecule has 0 atom stereocenters. The Labute approximate surface area is 155 Å². The quantitative estimate of drug-likeness (QED) is 0.645. The summed E-state index contributed by atoms with van der Waals surface area (Å²) in [6, 6.07) is 17.9. The number of hydrogen-bond donors (Lipinski definition) is 1. The van der Waals surface area contributed by atoms with E-state index in [1.165, 1.54) is 20.9 Å². The second-order valence-electron chi connectivity index (χ2n) is 5.63. The lowest BCUT2D eigenvalue weighted by Gasteiger charge is -2.14. The normalized spacial score (nSPS) is 12.2. The fourth-order valence-corrected chi connectivity index (χ4v) is 5.16. The van der Waals surface area contributed by atoms with Gasteiger partial charge in [-0.3, -0.25) is 4.79 Å². The molecule has 4 rings (SSSR count). The van der Waals surface area contributed by atoms with E-state index >= 15 is 0 Å². The Bertz CT molecular complexity index is 933. The fourth-order valence-electron chi connectivity index (χ4n) is 2.85. The van der Waals surface area contributed by atoms with Crippen LogP contribution in [0.15, 0.2) is 59.5 Å². The van der Waals surface area contributed by atoms with Crippen LogP contribution in [-0.2, 0) is 5.75 Å². The largest absolute Gasteiger partial charge is 0.492 e. The van der Waals surface area contributed by atoms with Crippen molar-refractivity contribution in [2.75, 3.05) is 11.9 Å². The number of thiophene rings is 1. The molecule has 2 heterocycles. The molecule has 2 aromatic carbocycles. The Morgan fingerprint density at radius 2 is 1.96 bits per heavy atom. The van der Waals surface area contributed by atoms with Crippen LogP contribution in [0.25, 0.3) is 10.4 Å². The number of amides is 1. The second kappa shape index (κ2) is 6.94. The summed E-state index contributed by atoms with van der Waals surface area (Å²) in [4.78, 5) is 16.0. The number of carbonyl (C=O) groups is 1. The van der Waals surface area contributed by atoms with Crippen molar-refractivity contribution in [3.63, 3.8) is 0 Å². The van der Waals surface area contributed by atoms with Crippen molar-refractivity contribution in [2.24, 2.45) is 0 Å². The summed E-state index contributed by atoms with van der Waals surface area (Å²) in [5, 5.41) is 2.98. The minimum Gasteiger partial charge on any atom is -0.492 e. The van der Waals surface area contributed by atoms with Crippen molar-refractivity contribution in [1.82, 2.24) is 0 Å². The lowest BCUT2D eigenvalue weighted by molar-refractivity contribution is 0.103. The monoisotopic (exact) mass is 367 g/mol. The van der Waals surface area contributed by atoms with E-state index in [9.17, 15) is 4.79 Å². The van der Waals surface area contributed by atoms with Gasteiger partial charge in [-0.05, 0) is 36.8 Å². The summed E-state index contributed by atoms with van der Waals surface area (Å²) < 4.78 is 5.59. The van der Waals surface area contributed by atoms with E-state index in [0.717, 1.165) is 10.6 Å². The summed E-state index contributed by atoms with van der Waals surface area (Å²) in [7, 11) is 0. The van der Waals surface area contributed by atoms with E-state index < -0.39 is 0 Å². The third-order valence-electron chi connectivity index (χ3n) is 3.98. The van der Waals surface area contributed by atoms with Gasteiger partial charge in [0.25, 0.3) is 5.91 Å². The molecule has 3 aromatic rings. The SMILES string of the molecule is CCOc1ccccc1NC(=O)c1cc2c(s1)-c1ccccc1SC2. The average molecular weight is 367 g/mol. The molecule has 0 fully saturated rings. The number of fused-ring (bicyclic) bond motifs is 3. The highest BCUT2D eigenvalue weighted by Crippen LogP contribution is 2.45. The van der Waals surface area contributed by atoms with Crippen LogP contribution < -0.4 is 10.1 Å². The topological polar surface area (TPSA) is 38.3 Å². The van der Waals surface area contributed by atoms with Gasteiger partial charge in [-0.2, -0.15) is 0 Å². The molecule has 3 nitrogen and oxygen atoms in total. The van der Waals surface area contributed by atoms with Crippen LogP contribution in [-0.4, -0.2) is 12.5 Å².